The summed E-state index contributed by atoms with van der Waals surface area (Å²) in [5, 5.41) is 3.64. The average Bonchev–Trinajstić information content (AvgIpc) is 2.38. The Morgan fingerprint density at radius 2 is 1.70 bits per heavy atom. The zero-order chi connectivity index (χ0) is 14.5. The molecule has 0 saturated carbocycles. The van der Waals surface area contributed by atoms with Gasteiger partial charge < -0.3 is 5.32 Å². The highest BCUT2D eigenvalue weighted by molar-refractivity contribution is 9.11. The summed E-state index contributed by atoms with van der Waals surface area (Å²) in [6.07, 6.45) is 1.12. The number of halogens is 2. The van der Waals surface area contributed by atoms with Gasteiger partial charge in [-0.2, -0.15) is 0 Å². The van der Waals surface area contributed by atoms with Crippen LogP contribution in [-0.2, 0) is 0 Å². The van der Waals surface area contributed by atoms with Crippen molar-refractivity contribution in [2.45, 2.75) is 26.3 Å². The van der Waals surface area contributed by atoms with E-state index in [-0.39, 0.29) is 6.04 Å². The molecule has 0 spiro atoms. The molecule has 1 atom stereocenters. The fraction of sp³-hybridized carbons (Fsp3) is 0.294. The molecule has 0 radical (unpaired) electrons. The predicted molar refractivity (Wildman–Crippen MR) is 93.2 cm³/mol. The second kappa shape index (κ2) is 7.39. The van der Waals surface area contributed by atoms with Crippen LogP contribution in [0.2, 0.25) is 0 Å². The molecule has 0 saturated heterocycles. The Morgan fingerprint density at radius 3 is 2.30 bits per heavy atom. The molecule has 2 rings (SSSR count). The van der Waals surface area contributed by atoms with Crippen molar-refractivity contribution in [3.8, 4) is 0 Å². The largest absolute Gasteiger partial charge is 0.306 e. The Hall–Kier alpha value is -0.640. The molecule has 106 valence electrons. The van der Waals surface area contributed by atoms with E-state index in [1.165, 1.54) is 16.7 Å². The van der Waals surface area contributed by atoms with Crippen LogP contribution in [0.25, 0.3) is 0 Å². The first kappa shape index (κ1) is 15.7. The van der Waals surface area contributed by atoms with Gasteiger partial charge in [-0.25, -0.2) is 0 Å². The molecule has 1 nitrogen and oxygen atoms in total. The number of benzene rings is 2. The van der Waals surface area contributed by atoms with Crippen LogP contribution in [0.1, 0.15) is 36.1 Å². The molecule has 20 heavy (non-hydrogen) atoms. The lowest BCUT2D eigenvalue weighted by Gasteiger charge is -2.20. The van der Waals surface area contributed by atoms with E-state index in [1.807, 2.05) is 0 Å². The summed E-state index contributed by atoms with van der Waals surface area (Å²) in [7, 11) is 0. The van der Waals surface area contributed by atoms with Crippen molar-refractivity contribution < 1.29 is 0 Å². The van der Waals surface area contributed by atoms with Crippen LogP contribution in [0.15, 0.2) is 51.4 Å². The van der Waals surface area contributed by atoms with Gasteiger partial charge in [-0.15, -0.1) is 0 Å². The van der Waals surface area contributed by atoms with E-state index >= 15 is 0 Å². The topological polar surface area (TPSA) is 12.0 Å². The summed E-state index contributed by atoms with van der Waals surface area (Å²) in [5.74, 6) is 0. The van der Waals surface area contributed by atoms with Crippen molar-refractivity contribution in [1.29, 1.82) is 0 Å². The molecule has 0 aliphatic heterocycles. The lowest BCUT2D eigenvalue weighted by Crippen LogP contribution is -2.23. The highest BCUT2D eigenvalue weighted by Gasteiger charge is 2.14. The lowest BCUT2D eigenvalue weighted by molar-refractivity contribution is 0.598. The number of hydrogen-bond donors (Lipinski definition) is 1. The molecule has 2 aromatic rings. The van der Waals surface area contributed by atoms with Crippen molar-refractivity contribution in [1.82, 2.24) is 5.32 Å². The maximum atomic E-state index is 3.64. The van der Waals surface area contributed by atoms with E-state index in [4.69, 9.17) is 0 Å². The maximum absolute atomic E-state index is 3.64. The van der Waals surface area contributed by atoms with Crippen LogP contribution in [-0.4, -0.2) is 6.54 Å². The second-order valence-electron chi connectivity index (χ2n) is 5.00. The fourth-order valence-electron chi connectivity index (χ4n) is 2.31. The minimum absolute atomic E-state index is 0.226. The number of rotatable bonds is 5. The summed E-state index contributed by atoms with van der Waals surface area (Å²) < 4.78 is 2.19. The average molecular weight is 397 g/mol. The second-order valence-corrected chi connectivity index (χ2v) is 6.84. The van der Waals surface area contributed by atoms with Crippen molar-refractivity contribution in [3.05, 3.63) is 68.1 Å². The molecule has 0 amide bonds. The Bertz CT molecular complexity index is 561. The molecular formula is C17H19Br2N. The normalized spacial score (nSPS) is 12.4. The molecule has 0 aromatic heterocycles. The summed E-state index contributed by atoms with van der Waals surface area (Å²) >= 11 is 7.16. The van der Waals surface area contributed by atoms with Gasteiger partial charge in [0.1, 0.15) is 0 Å². The third-order valence-corrected chi connectivity index (χ3v) is 4.11. The third-order valence-electron chi connectivity index (χ3n) is 3.19. The molecule has 0 aliphatic carbocycles. The van der Waals surface area contributed by atoms with Crippen LogP contribution in [0, 0.1) is 6.92 Å². The van der Waals surface area contributed by atoms with Gasteiger partial charge >= 0.3 is 0 Å². The Morgan fingerprint density at radius 1 is 1.00 bits per heavy atom. The molecule has 1 N–H and O–H groups in total. The summed E-state index contributed by atoms with van der Waals surface area (Å²) in [5.41, 5.74) is 3.87. The predicted octanol–water partition coefficient (Wildman–Crippen LogP) is 5.61. The summed E-state index contributed by atoms with van der Waals surface area (Å²) in [6, 6.07) is 15.4. The standard InChI is InChI=1S/C17H19Br2N/c1-3-7-20-17(13-6-4-5-12(2)8-13)14-9-15(18)11-16(19)10-14/h4-6,8-11,17,20H,3,7H2,1-2H3. The van der Waals surface area contributed by atoms with E-state index in [0.717, 1.165) is 21.9 Å². The van der Waals surface area contributed by atoms with Crippen molar-refractivity contribution in [3.63, 3.8) is 0 Å². The van der Waals surface area contributed by atoms with Crippen LogP contribution in [0.3, 0.4) is 0 Å². The van der Waals surface area contributed by atoms with Gasteiger partial charge in [0.15, 0.2) is 0 Å². The zero-order valence-electron chi connectivity index (χ0n) is 11.8. The zero-order valence-corrected chi connectivity index (χ0v) is 15.0. The first-order valence-corrected chi connectivity index (χ1v) is 8.44. The Balaban J connectivity index is 2.41. The van der Waals surface area contributed by atoms with Gasteiger partial charge in [0.2, 0.25) is 0 Å². The van der Waals surface area contributed by atoms with Crippen LogP contribution in [0.5, 0.6) is 0 Å². The Labute approximate surface area is 138 Å². The molecule has 0 fully saturated rings. The van der Waals surface area contributed by atoms with Crippen molar-refractivity contribution >= 4 is 31.9 Å². The quantitative estimate of drug-likeness (QED) is 0.692. The summed E-state index contributed by atoms with van der Waals surface area (Å²) in [4.78, 5) is 0. The third kappa shape index (κ3) is 4.18. The summed E-state index contributed by atoms with van der Waals surface area (Å²) in [6.45, 7) is 5.33. The van der Waals surface area contributed by atoms with E-state index < -0.39 is 0 Å². The van der Waals surface area contributed by atoms with Crippen LogP contribution < -0.4 is 5.32 Å². The minimum Gasteiger partial charge on any atom is -0.306 e. The van der Waals surface area contributed by atoms with Gasteiger partial charge in [0, 0.05) is 8.95 Å². The number of aryl methyl sites for hydroxylation is 1. The molecular weight excluding hydrogens is 378 g/mol. The van der Waals surface area contributed by atoms with Crippen LogP contribution in [0.4, 0.5) is 0 Å². The van der Waals surface area contributed by atoms with Gasteiger partial charge in [0.05, 0.1) is 6.04 Å². The first-order valence-electron chi connectivity index (χ1n) is 6.86. The van der Waals surface area contributed by atoms with Gasteiger partial charge in [-0.1, -0.05) is 68.6 Å². The van der Waals surface area contributed by atoms with Crippen molar-refractivity contribution in [2.24, 2.45) is 0 Å². The van der Waals surface area contributed by atoms with Gasteiger partial charge in [0.25, 0.3) is 0 Å². The molecule has 3 heteroatoms. The first-order chi connectivity index (χ1) is 9.60. The Kier molecular flexibility index (Phi) is 5.82. The maximum Gasteiger partial charge on any atom is 0.0577 e. The molecule has 0 bridgehead atoms. The van der Waals surface area contributed by atoms with Gasteiger partial charge in [-0.3, -0.25) is 0 Å². The highest BCUT2D eigenvalue weighted by atomic mass is 79.9. The van der Waals surface area contributed by atoms with Crippen molar-refractivity contribution in [2.75, 3.05) is 6.54 Å². The monoisotopic (exact) mass is 395 g/mol. The molecule has 2 aromatic carbocycles. The van der Waals surface area contributed by atoms with Crippen LogP contribution >= 0.6 is 31.9 Å². The lowest BCUT2D eigenvalue weighted by atomic mass is 9.97. The fourth-order valence-corrected chi connectivity index (χ4v) is 3.64. The molecule has 1 unspecified atom stereocenters. The van der Waals surface area contributed by atoms with E-state index in [1.54, 1.807) is 0 Å². The highest BCUT2D eigenvalue weighted by Crippen LogP contribution is 2.28. The molecule has 0 heterocycles. The minimum atomic E-state index is 0.226. The number of hydrogen-bond acceptors (Lipinski definition) is 1. The SMILES string of the molecule is CCCNC(c1cccc(C)c1)c1cc(Br)cc(Br)c1. The number of nitrogens with one attached hydrogen (secondary N) is 1. The van der Waals surface area contributed by atoms with E-state index in [9.17, 15) is 0 Å². The van der Waals surface area contributed by atoms with Gasteiger partial charge in [-0.05, 0) is 49.2 Å². The van der Waals surface area contributed by atoms with E-state index in [2.05, 4.69) is 93.5 Å². The smallest absolute Gasteiger partial charge is 0.0577 e. The van der Waals surface area contributed by atoms with E-state index in [0.29, 0.717) is 0 Å². The molecule has 0 aliphatic rings.